The van der Waals surface area contributed by atoms with Crippen LogP contribution in [0.25, 0.3) is 0 Å². The number of hydrogen-bond acceptors (Lipinski definition) is 4. The molecule has 0 saturated carbocycles. The predicted octanol–water partition coefficient (Wildman–Crippen LogP) is 2.74. The molecule has 1 aliphatic rings. The summed E-state index contributed by atoms with van der Waals surface area (Å²) < 4.78 is 5.60. The number of likely N-dealkylation sites (tertiary alicyclic amines) is 1. The third kappa shape index (κ3) is 5.34. The smallest absolute Gasteiger partial charge is 0.324 e. The minimum Gasteiger partial charge on any atom is -0.481 e. The minimum atomic E-state index is -0.744. The standard InChI is InChI=1S/C19H27NO4/c1-19(2,3)24-18(23)16(13-14-7-5-4-6-8-14)20-11-9-15(10-12-20)17(21)22/h4-8,15-16H,9-13H2,1-3H3,(H,21,22). The molecule has 1 fully saturated rings. The molecule has 0 aromatic heterocycles. The summed E-state index contributed by atoms with van der Waals surface area (Å²) in [6, 6.07) is 9.49. The molecule has 1 unspecified atom stereocenters. The van der Waals surface area contributed by atoms with E-state index in [9.17, 15) is 9.59 Å². The molecule has 1 saturated heterocycles. The van der Waals surface area contributed by atoms with Crippen LogP contribution in [0.15, 0.2) is 30.3 Å². The van der Waals surface area contributed by atoms with Gasteiger partial charge in [-0.25, -0.2) is 0 Å². The van der Waals surface area contributed by atoms with Gasteiger partial charge in [0, 0.05) is 0 Å². The highest BCUT2D eigenvalue weighted by Crippen LogP contribution is 2.23. The lowest BCUT2D eigenvalue weighted by Gasteiger charge is -2.36. The molecule has 0 radical (unpaired) electrons. The second-order valence-electron chi connectivity index (χ2n) is 7.39. The molecule has 0 spiro atoms. The highest BCUT2D eigenvalue weighted by atomic mass is 16.6. The number of ether oxygens (including phenoxy) is 1. The summed E-state index contributed by atoms with van der Waals surface area (Å²) in [7, 11) is 0. The molecule has 1 aromatic rings. The second-order valence-corrected chi connectivity index (χ2v) is 7.39. The third-order valence-corrected chi connectivity index (χ3v) is 4.27. The Balaban J connectivity index is 2.11. The molecule has 1 heterocycles. The minimum absolute atomic E-state index is 0.236. The number of carbonyl (C=O) groups is 2. The van der Waals surface area contributed by atoms with E-state index in [0.717, 1.165) is 5.56 Å². The maximum Gasteiger partial charge on any atom is 0.324 e. The molecule has 5 heteroatoms. The number of hydrogen-bond donors (Lipinski definition) is 1. The first-order chi connectivity index (χ1) is 11.3. The van der Waals surface area contributed by atoms with Gasteiger partial charge in [0.25, 0.3) is 0 Å². The molecule has 5 nitrogen and oxygen atoms in total. The second kappa shape index (κ2) is 7.79. The zero-order valence-electron chi connectivity index (χ0n) is 14.7. The van der Waals surface area contributed by atoms with E-state index in [-0.39, 0.29) is 17.9 Å². The third-order valence-electron chi connectivity index (χ3n) is 4.27. The van der Waals surface area contributed by atoms with Crippen molar-refractivity contribution in [3.63, 3.8) is 0 Å². The normalized spacial score (nSPS) is 18.1. The van der Waals surface area contributed by atoms with Crippen molar-refractivity contribution in [2.24, 2.45) is 5.92 Å². The van der Waals surface area contributed by atoms with E-state index in [2.05, 4.69) is 4.90 Å². The van der Waals surface area contributed by atoms with Crippen molar-refractivity contribution >= 4 is 11.9 Å². The van der Waals surface area contributed by atoms with Gasteiger partial charge in [0.05, 0.1) is 5.92 Å². The van der Waals surface area contributed by atoms with Gasteiger partial charge in [0.1, 0.15) is 11.6 Å². The molecule has 0 aliphatic carbocycles. The number of aliphatic carboxylic acids is 1. The average molecular weight is 333 g/mol. The molecule has 1 aliphatic heterocycles. The largest absolute Gasteiger partial charge is 0.481 e. The molecule has 1 atom stereocenters. The molecular weight excluding hydrogens is 306 g/mol. The van der Waals surface area contributed by atoms with Crippen LogP contribution in [0.1, 0.15) is 39.2 Å². The van der Waals surface area contributed by atoms with Crippen molar-refractivity contribution in [1.29, 1.82) is 0 Å². The fourth-order valence-corrected chi connectivity index (χ4v) is 3.03. The van der Waals surface area contributed by atoms with E-state index in [1.807, 2.05) is 51.1 Å². The highest BCUT2D eigenvalue weighted by molar-refractivity contribution is 5.77. The topological polar surface area (TPSA) is 66.8 Å². The number of esters is 1. The molecule has 132 valence electrons. The van der Waals surface area contributed by atoms with Crippen molar-refractivity contribution in [1.82, 2.24) is 4.90 Å². The maximum absolute atomic E-state index is 12.7. The molecule has 24 heavy (non-hydrogen) atoms. The van der Waals surface area contributed by atoms with Gasteiger partial charge in [-0.2, -0.15) is 0 Å². The quantitative estimate of drug-likeness (QED) is 0.839. The summed E-state index contributed by atoms with van der Waals surface area (Å²) in [4.78, 5) is 25.9. The average Bonchev–Trinajstić information content (AvgIpc) is 2.52. The highest BCUT2D eigenvalue weighted by Gasteiger charge is 2.34. The Morgan fingerprint density at radius 2 is 1.79 bits per heavy atom. The van der Waals surface area contributed by atoms with Crippen LogP contribution in [0.5, 0.6) is 0 Å². The Hall–Kier alpha value is -1.88. The lowest BCUT2D eigenvalue weighted by atomic mass is 9.94. The van der Waals surface area contributed by atoms with E-state index < -0.39 is 11.6 Å². The predicted molar refractivity (Wildman–Crippen MR) is 91.7 cm³/mol. The van der Waals surface area contributed by atoms with Crippen molar-refractivity contribution in [3.8, 4) is 0 Å². The molecule has 2 rings (SSSR count). The van der Waals surface area contributed by atoms with Crippen LogP contribution in [0.3, 0.4) is 0 Å². The van der Waals surface area contributed by atoms with Crippen LogP contribution in [-0.4, -0.2) is 46.7 Å². The molecular formula is C19H27NO4. The van der Waals surface area contributed by atoms with E-state index in [1.54, 1.807) is 0 Å². The lowest BCUT2D eigenvalue weighted by Crippen LogP contribution is -2.49. The number of carboxylic acids is 1. The van der Waals surface area contributed by atoms with Crippen LogP contribution in [0.4, 0.5) is 0 Å². The number of nitrogens with zero attached hydrogens (tertiary/aromatic N) is 1. The SMILES string of the molecule is CC(C)(C)OC(=O)C(Cc1ccccc1)N1CCC(C(=O)O)CC1. The number of rotatable bonds is 5. The van der Waals surface area contributed by atoms with Gasteiger partial charge < -0.3 is 9.84 Å². The van der Waals surface area contributed by atoms with Gasteiger partial charge in [-0.3, -0.25) is 14.5 Å². The molecule has 0 bridgehead atoms. The summed E-state index contributed by atoms with van der Waals surface area (Å²) in [6.07, 6.45) is 1.72. The summed E-state index contributed by atoms with van der Waals surface area (Å²) in [5.74, 6) is -1.29. The lowest BCUT2D eigenvalue weighted by molar-refractivity contribution is -0.162. The van der Waals surface area contributed by atoms with E-state index in [1.165, 1.54) is 0 Å². The first kappa shape index (κ1) is 18.5. The van der Waals surface area contributed by atoms with Gasteiger partial charge in [0.2, 0.25) is 0 Å². The molecule has 1 aromatic carbocycles. The monoisotopic (exact) mass is 333 g/mol. The van der Waals surface area contributed by atoms with Crippen LogP contribution < -0.4 is 0 Å². The van der Waals surface area contributed by atoms with Gasteiger partial charge >= 0.3 is 11.9 Å². The van der Waals surface area contributed by atoms with Crippen molar-refractivity contribution < 1.29 is 19.4 Å². The van der Waals surface area contributed by atoms with Gasteiger partial charge in [-0.15, -0.1) is 0 Å². The van der Waals surface area contributed by atoms with Crippen molar-refractivity contribution in [2.75, 3.05) is 13.1 Å². The summed E-state index contributed by atoms with van der Waals surface area (Å²) in [5, 5.41) is 9.15. The fraction of sp³-hybridized carbons (Fsp3) is 0.579. The summed E-state index contributed by atoms with van der Waals surface area (Å²) in [5.41, 5.74) is 0.541. The Bertz CT molecular complexity index is 556. The molecule has 0 amide bonds. The van der Waals surface area contributed by atoms with Crippen molar-refractivity contribution in [2.45, 2.75) is 51.7 Å². The Morgan fingerprint density at radius 1 is 1.21 bits per heavy atom. The number of carbonyl (C=O) groups excluding carboxylic acids is 1. The van der Waals surface area contributed by atoms with Gasteiger partial charge in [-0.1, -0.05) is 30.3 Å². The number of piperidine rings is 1. The van der Waals surface area contributed by atoms with Gasteiger partial charge in [0.15, 0.2) is 0 Å². The summed E-state index contributed by atoms with van der Waals surface area (Å²) >= 11 is 0. The van der Waals surface area contributed by atoms with Crippen molar-refractivity contribution in [3.05, 3.63) is 35.9 Å². The zero-order valence-corrected chi connectivity index (χ0v) is 14.7. The number of benzene rings is 1. The maximum atomic E-state index is 12.7. The number of carboxylic acid groups (broad SMARTS) is 1. The Labute approximate surface area is 143 Å². The van der Waals surface area contributed by atoms with E-state index >= 15 is 0 Å². The first-order valence-corrected chi connectivity index (χ1v) is 8.50. The van der Waals surface area contributed by atoms with Crippen LogP contribution in [0.2, 0.25) is 0 Å². The van der Waals surface area contributed by atoms with Gasteiger partial charge in [-0.05, 0) is 58.7 Å². The van der Waals surface area contributed by atoms with Crippen LogP contribution >= 0.6 is 0 Å². The Kier molecular flexibility index (Phi) is 5.99. The fourth-order valence-electron chi connectivity index (χ4n) is 3.03. The zero-order chi connectivity index (χ0) is 17.7. The Morgan fingerprint density at radius 3 is 2.29 bits per heavy atom. The first-order valence-electron chi connectivity index (χ1n) is 8.50. The van der Waals surface area contributed by atoms with E-state index in [4.69, 9.17) is 9.84 Å². The van der Waals surface area contributed by atoms with Crippen LogP contribution in [0, 0.1) is 5.92 Å². The van der Waals surface area contributed by atoms with Crippen LogP contribution in [-0.2, 0) is 20.7 Å². The van der Waals surface area contributed by atoms with E-state index in [0.29, 0.717) is 32.4 Å². The molecule has 1 N–H and O–H groups in total. The summed E-state index contributed by atoms with van der Waals surface area (Å²) in [6.45, 7) is 6.80.